The minimum atomic E-state index is -0.0834. The van der Waals surface area contributed by atoms with Crippen LogP contribution in [0.5, 0.6) is 0 Å². The van der Waals surface area contributed by atoms with Crippen LogP contribution in [0.3, 0.4) is 0 Å². The summed E-state index contributed by atoms with van der Waals surface area (Å²) in [6.07, 6.45) is 5.10. The molecular weight excluding hydrogens is 214 g/mol. The first kappa shape index (κ1) is 14.9. The molecule has 17 heavy (non-hydrogen) atoms. The molecule has 1 fully saturated rings. The molecule has 1 N–H and O–H groups in total. The van der Waals surface area contributed by atoms with Crippen molar-refractivity contribution in [2.45, 2.75) is 65.7 Å². The molecule has 1 aliphatic rings. The second-order valence-corrected chi connectivity index (χ2v) is 5.69. The van der Waals surface area contributed by atoms with Crippen LogP contribution in [0.4, 0.5) is 0 Å². The van der Waals surface area contributed by atoms with Crippen LogP contribution in [0.25, 0.3) is 0 Å². The molecule has 0 radical (unpaired) electrons. The molecule has 0 heterocycles. The van der Waals surface area contributed by atoms with Gasteiger partial charge in [0.1, 0.15) is 0 Å². The van der Waals surface area contributed by atoms with E-state index in [1.165, 1.54) is 25.7 Å². The van der Waals surface area contributed by atoms with Crippen LogP contribution in [0.2, 0.25) is 0 Å². The highest BCUT2D eigenvalue weighted by molar-refractivity contribution is 4.82. The van der Waals surface area contributed by atoms with Gasteiger partial charge in [-0.25, -0.2) is 0 Å². The Balaban J connectivity index is 2.21. The Labute approximate surface area is 106 Å². The lowest BCUT2D eigenvalue weighted by Gasteiger charge is -2.35. The minimum absolute atomic E-state index is 0.0834. The van der Waals surface area contributed by atoms with Crippen LogP contribution in [0, 0.1) is 5.41 Å². The fraction of sp³-hybridized carbons (Fsp3) is 1.00. The van der Waals surface area contributed by atoms with E-state index >= 15 is 0 Å². The summed E-state index contributed by atoms with van der Waals surface area (Å²) in [5.41, 5.74) is 0.539. The highest BCUT2D eigenvalue weighted by Gasteiger charge is 2.26. The summed E-state index contributed by atoms with van der Waals surface area (Å²) < 4.78 is 11.1. The Hall–Kier alpha value is -0.120. The largest absolute Gasteiger partial charge is 0.352 e. The number of nitrogens with one attached hydrogen (secondary N) is 1. The van der Waals surface area contributed by atoms with Crippen molar-refractivity contribution in [3.8, 4) is 0 Å². The molecule has 0 amide bonds. The van der Waals surface area contributed by atoms with Crippen LogP contribution in [-0.4, -0.2) is 32.1 Å². The molecule has 0 spiro atoms. The van der Waals surface area contributed by atoms with Crippen molar-refractivity contribution in [1.82, 2.24) is 5.32 Å². The minimum Gasteiger partial charge on any atom is -0.352 e. The van der Waals surface area contributed by atoms with E-state index < -0.39 is 0 Å². The summed E-state index contributed by atoms with van der Waals surface area (Å²) >= 11 is 0. The normalized spacial score (nSPS) is 21.0. The summed E-state index contributed by atoms with van der Waals surface area (Å²) in [6, 6.07) is 0.645. The van der Waals surface area contributed by atoms with Crippen LogP contribution >= 0.6 is 0 Å². The highest BCUT2D eigenvalue weighted by Crippen LogP contribution is 2.34. The van der Waals surface area contributed by atoms with E-state index in [1.807, 2.05) is 13.8 Å². The molecule has 0 unspecified atom stereocenters. The van der Waals surface area contributed by atoms with Gasteiger partial charge in [0.05, 0.1) is 0 Å². The van der Waals surface area contributed by atoms with Crippen molar-refractivity contribution >= 4 is 0 Å². The average Bonchev–Trinajstić information content (AvgIpc) is 2.28. The van der Waals surface area contributed by atoms with Crippen LogP contribution in [0.1, 0.15) is 53.4 Å². The third-order valence-corrected chi connectivity index (χ3v) is 3.62. The second kappa shape index (κ2) is 7.34. The lowest BCUT2D eigenvalue weighted by molar-refractivity contribution is -0.134. The summed E-state index contributed by atoms with van der Waals surface area (Å²) in [4.78, 5) is 0. The summed E-state index contributed by atoms with van der Waals surface area (Å²) in [5, 5.41) is 3.58. The van der Waals surface area contributed by atoms with E-state index in [0.717, 1.165) is 6.54 Å². The number of hydrogen-bond donors (Lipinski definition) is 1. The average molecular weight is 243 g/mol. The Morgan fingerprint density at radius 1 is 1.12 bits per heavy atom. The third kappa shape index (κ3) is 5.84. The van der Waals surface area contributed by atoms with Gasteiger partial charge in [0.15, 0.2) is 6.29 Å². The van der Waals surface area contributed by atoms with E-state index in [-0.39, 0.29) is 6.29 Å². The van der Waals surface area contributed by atoms with E-state index in [1.54, 1.807) is 0 Å². The van der Waals surface area contributed by atoms with Gasteiger partial charge in [0.2, 0.25) is 0 Å². The van der Waals surface area contributed by atoms with E-state index in [2.05, 4.69) is 19.2 Å². The van der Waals surface area contributed by atoms with Crippen molar-refractivity contribution in [2.24, 2.45) is 5.41 Å². The SMILES string of the molecule is CCOC(CNC1CCC(C)(C)CC1)OCC. The van der Waals surface area contributed by atoms with Crippen molar-refractivity contribution in [3.05, 3.63) is 0 Å². The van der Waals surface area contributed by atoms with Gasteiger partial charge in [0, 0.05) is 25.8 Å². The second-order valence-electron chi connectivity index (χ2n) is 5.69. The maximum atomic E-state index is 5.53. The Morgan fingerprint density at radius 3 is 2.12 bits per heavy atom. The topological polar surface area (TPSA) is 30.5 Å². The van der Waals surface area contributed by atoms with Crippen molar-refractivity contribution in [3.63, 3.8) is 0 Å². The summed E-state index contributed by atoms with van der Waals surface area (Å²) in [5.74, 6) is 0. The molecule has 0 aromatic rings. The molecular formula is C14H29NO2. The van der Waals surface area contributed by atoms with Gasteiger partial charge in [-0.1, -0.05) is 13.8 Å². The molecule has 0 bridgehead atoms. The van der Waals surface area contributed by atoms with Crippen molar-refractivity contribution in [1.29, 1.82) is 0 Å². The van der Waals surface area contributed by atoms with Gasteiger partial charge in [0.25, 0.3) is 0 Å². The van der Waals surface area contributed by atoms with Crippen molar-refractivity contribution < 1.29 is 9.47 Å². The third-order valence-electron chi connectivity index (χ3n) is 3.62. The van der Waals surface area contributed by atoms with Crippen LogP contribution in [0.15, 0.2) is 0 Å². The zero-order valence-electron chi connectivity index (χ0n) is 11.9. The molecule has 0 aromatic carbocycles. The zero-order chi connectivity index (χ0) is 12.7. The smallest absolute Gasteiger partial charge is 0.169 e. The molecule has 1 saturated carbocycles. The summed E-state index contributed by atoms with van der Waals surface area (Å²) in [6.45, 7) is 11.0. The number of ether oxygens (including phenoxy) is 2. The molecule has 3 nitrogen and oxygen atoms in total. The maximum Gasteiger partial charge on any atom is 0.169 e. The first-order valence-electron chi connectivity index (χ1n) is 7.04. The molecule has 0 saturated heterocycles. The van der Waals surface area contributed by atoms with E-state index in [0.29, 0.717) is 24.7 Å². The quantitative estimate of drug-likeness (QED) is 0.697. The Morgan fingerprint density at radius 2 is 1.65 bits per heavy atom. The van der Waals surface area contributed by atoms with Gasteiger partial charge in [-0.2, -0.15) is 0 Å². The Bertz CT molecular complexity index is 190. The molecule has 3 heteroatoms. The molecule has 0 aromatic heterocycles. The van der Waals surface area contributed by atoms with Gasteiger partial charge in [-0.3, -0.25) is 0 Å². The molecule has 0 atom stereocenters. The lowest BCUT2D eigenvalue weighted by atomic mass is 9.75. The zero-order valence-corrected chi connectivity index (χ0v) is 11.9. The standard InChI is InChI=1S/C14H29NO2/c1-5-16-13(17-6-2)11-15-12-7-9-14(3,4)10-8-12/h12-13,15H,5-11H2,1-4H3. The van der Waals surface area contributed by atoms with Gasteiger partial charge < -0.3 is 14.8 Å². The van der Waals surface area contributed by atoms with Crippen LogP contribution < -0.4 is 5.32 Å². The maximum absolute atomic E-state index is 5.53. The molecule has 0 aliphatic heterocycles. The highest BCUT2D eigenvalue weighted by atomic mass is 16.7. The lowest BCUT2D eigenvalue weighted by Crippen LogP contribution is -2.41. The fourth-order valence-electron chi connectivity index (χ4n) is 2.40. The first-order chi connectivity index (χ1) is 8.07. The van der Waals surface area contributed by atoms with Gasteiger partial charge in [-0.05, 0) is 44.9 Å². The molecule has 1 rings (SSSR count). The summed E-state index contributed by atoms with van der Waals surface area (Å²) in [7, 11) is 0. The van der Waals surface area contributed by atoms with E-state index in [4.69, 9.17) is 9.47 Å². The van der Waals surface area contributed by atoms with Gasteiger partial charge >= 0.3 is 0 Å². The Kier molecular flexibility index (Phi) is 6.45. The number of hydrogen-bond acceptors (Lipinski definition) is 3. The molecule has 1 aliphatic carbocycles. The fourth-order valence-corrected chi connectivity index (χ4v) is 2.40. The number of rotatable bonds is 7. The first-order valence-corrected chi connectivity index (χ1v) is 7.04. The molecule has 102 valence electrons. The van der Waals surface area contributed by atoms with Gasteiger partial charge in [-0.15, -0.1) is 0 Å². The predicted octanol–water partition coefficient (Wildman–Crippen LogP) is 2.94. The monoisotopic (exact) mass is 243 g/mol. The predicted molar refractivity (Wildman–Crippen MR) is 71.1 cm³/mol. The van der Waals surface area contributed by atoms with Crippen LogP contribution in [-0.2, 0) is 9.47 Å². The van der Waals surface area contributed by atoms with Crippen molar-refractivity contribution in [2.75, 3.05) is 19.8 Å². The van der Waals surface area contributed by atoms with E-state index in [9.17, 15) is 0 Å².